The number of amides is 1. The van der Waals surface area contributed by atoms with Crippen LogP contribution in [0.2, 0.25) is 0 Å². The summed E-state index contributed by atoms with van der Waals surface area (Å²) in [5.41, 5.74) is 6.16. The van der Waals surface area contributed by atoms with Crippen molar-refractivity contribution < 1.29 is 4.79 Å². The maximum absolute atomic E-state index is 11.2. The van der Waals surface area contributed by atoms with Crippen molar-refractivity contribution in [3.05, 3.63) is 29.8 Å². The minimum Gasteiger partial charge on any atom is -0.366 e. The van der Waals surface area contributed by atoms with Crippen molar-refractivity contribution in [2.75, 3.05) is 13.6 Å². The third-order valence-electron chi connectivity index (χ3n) is 2.56. The van der Waals surface area contributed by atoms with E-state index < -0.39 is 5.91 Å². The van der Waals surface area contributed by atoms with Crippen LogP contribution in [-0.4, -0.2) is 24.5 Å². The third-order valence-corrected chi connectivity index (χ3v) is 2.56. The molecule has 5 heteroatoms. The number of benzene rings is 1. The van der Waals surface area contributed by atoms with E-state index in [2.05, 4.69) is 17.3 Å². The van der Waals surface area contributed by atoms with E-state index in [0.29, 0.717) is 11.3 Å². The molecule has 1 rings (SSSR count). The Bertz CT molecular complexity index is 417. The van der Waals surface area contributed by atoms with Crippen molar-refractivity contribution in [1.29, 1.82) is 0 Å². The van der Waals surface area contributed by atoms with Crippen LogP contribution in [0.5, 0.6) is 0 Å². The zero-order valence-electron chi connectivity index (χ0n) is 11.0. The lowest BCUT2D eigenvalue weighted by molar-refractivity contribution is 0.100. The van der Waals surface area contributed by atoms with Crippen molar-refractivity contribution in [2.45, 2.75) is 26.2 Å². The minimum atomic E-state index is -0.488. The highest BCUT2D eigenvalue weighted by atomic mass is 16.1. The maximum atomic E-state index is 11.2. The number of unbranched alkanes of at least 4 members (excludes halogenated alkanes) is 2. The Hall–Kier alpha value is -1.91. The van der Waals surface area contributed by atoms with Gasteiger partial charge >= 0.3 is 0 Å². The molecule has 0 radical (unpaired) electrons. The van der Waals surface area contributed by atoms with Crippen LogP contribution in [0, 0.1) is 0 Å². The highest BCUT2D eigenvalue weighted by Gasteiger charge is 2.06. The van der Waals surface area contributed by atoms with E-state index in [0.717, 1.165) is 13.0 Å². The number of primary amides is 1. The van der Waals surface area contributed by atoms with Gasteiger partial charge in [-0.25, -0.2) is 0 Å². The maximum Gasteiger partial charge on any atom is 0.250 e. The minimum absolute atomic E-state index is 0.392. The topological polar surface area (TPSA) is 71.1 Å². The van der Waals surface area contributed by atoms with E-state index in [1.54, 1.807) is 29.3 Å². The number of nitrogens with zero attached hydrogens (tertiary/aromatic N) is 3. The first-order valence-electron chi connectivity index (χ1n) is 6.16. The second-order valence-electron chi connectivity index (χ2n) is 4.16. The molecule has 0 aromatic heterocycles. The number of nitrogens with two attached hydrogens (primary N) is 1. The third kappa shape index (κ3) is 4.53. The molecule has 5 nitrogen and oxygen atoms in total. The molecule has 0 aliphatic carbocycles. The fraction of sp³-hybridized carbons (Fsp3) is 0.462. The van der Waals surface area contributed by atoms with Crippen LogP contribution in [0.4, 0.5) is 5.69 Å². The number of carbonyl (C=O) groups is 1. The molecular formula is C13H20N4O. The van der Waals surface area contributed by atoms with Gasteiger partial charge in [-0.1, -0.05) is 37.1 Å². The smallest absolute Gasteiger partial charge is 0.250 e. The zero-order chi connectivity index (χ0) is 13.4. The average Bonchev–Trinajstić information content (AvgIpc) is 2.37. The fourth-order valence-corrected chi connectivity index (χ4v) is 1.53. The molecule has 0 saturated carbocycles. The van der Waals surface area contributed by atoms with Gasteiger partial charge in [-0.15, -0.1) is 5.11 Å². The second kappa shape index (κ2) is 7.42. The van der Waals surface area contributed by atoms with Crippen molar-refractivity contribution in [3.8, 4) is 0 Å². The fourth-order valence-electron chi connectivity index (χ4n) is 1.53. The van der Waals surface area contributed by atoms with E-state index >= 15 is 0 Å². The van der Waals surface area contributed by atoms with Gasteiger partial charge in [-0.2, -0.15) is 0 Å². The van der Waals surface area contributed by atoms with Gasteiger partial charge in [0, 0.05) is 13.6 Å². The quantitative estimate of drug-likeness (QED) is 0.458. The molecule has 0 heterocycles. The number of hydrogen-bond acceptors (Lipinski definition) is 3. The Balaban J connectivity index is 2.63. The van der Waals surface area contributed by atoms with E-state index in [4.69, 9.17) is 5.73 Å². The summed E-state index contributed by atoms with van der Waals surface area (Å²) in [4.78, 5) is 11.2. The Kier molecular flexibility index (Phi) is 5.84. The van der Waals surface area contributed by atoms with Gasteiger partial charge in [-0.3, -0.25) is 9.80 Å². The molecule has 2 N–H and O–H groups in total. The van der Waals surface area contributed by atoms with Crippen LogP contribution >= 0.6 is 0 Å². The molecule has 0 atom stereocenters. The Morgan fingerprint density at radius 1 is 1.33 bits per heavy atom. The molecule has 0 unspecified atom stereocenters. The highest BCUT2D eigenvalue weighted by molar-refractivity contribution is 5.97. The first-order chi connectivity index (χ1) is 8.65. The summed E-state index contributed by atoms with van der Waals surface area (Å²) >= 11 is 0. The van der Waals surface area contributed by atoms with Crippen LogP contribution in [-0.2, 0) is 0 Å². The summed E-state index contributed by atoms with van der Waals surface area (Å²) < 4.78 is 0. The molecule has 0 spiro atoms. The number of carbonyl (C=O) groups excluding carboxylic acids is 1. The lowest BCUT2D eigenvalue weighted by atomic mass is 10.2. The van der Waals surface area contributed by atoms with E-state index in [-0.39, 0.29) is 0 Å². The van der Waals surface area contributed by atoms with Gasteiger partial charge in [0.2, 0.25) is 0 Å². The van der Waals surface area contributed by atoms with Gasteiger partial charge in [0.05, 0.1) is 5.56 Å². The predicted octanol–water partition coefficient (Wildman–Crippen LogP) is 2.91. The molecule has 1 aromatic rings. The highest BCUT2D eigenvalue weighted by Crippen LogP contribution is 2.18. The molecule has 1 amide bonds. The lowest BCUT2D eigenvalue weighted by Gasteiger charge is -2.10. The molecule has 98 valence electrons. The molecule has 0 aliphatic heterocycles. The zero-order valence-corrected chi connectivity index (χ0v) is 11.0. The summed E-state index contributed by atoms with van der Waals surface area (Å²) in [7, 11) is 1.87. The molecule has 0 saturated heterocycles. The van der Waals surface area contributed by atoms with Crippen molar-refractivity contribution >= 4 is 11.6 Å². The monoisotopic (exact) mass is 248 g/mol. The van der Waals surface area contributed by atoms with Crippen molar-refractivity contribution in [3.63, 3.8) is 0 Å². The Morgan fingerprint density at radius 2 is 2.06 bits per heavy atom. The van der Waals surface area contributed by atoms with Crippen LogP contribution in [0.15, 0.2) is 34.6 Å². The molecule has 0 fully saturated rings. The number of hydrogen-bond donors (Lipinski definition) is 1. The van der Waals surface area contributed by atoms with Crippen LogP contribution in [0.25, 0.3) is 0 Å². The SMILES string of the molecule is CCCCCN(C)N=Nc1ccccc1C(N)=O. The van der Waals surface area contributed by atoms with Crippen molar-refractivity contribution in [1.82, 2.24) is 5.01 Å². The van der Waals surface area contributed by atoms with Crippen molar-refractivity contribution in [2.24, 2.45) is 16.1 Å². The summed E-state index contributed by atoms with van der Waals surface area (Å²) in [5, 5.41) is 9.89. The predicted molar refractivity (Wildman–Crippen MR) is 71.6 cm³/mol. The van der Waals surface area contributed by atoms with Gasteiger partial charge in [0.15, 0.2) is 0 Å². The van der Waals surface area contributed by atoms with Crippen LogP contribution in [0.1, 0.15) is 36.5 Å². The first kappa shape index (κ1) is 14.2. The summed E-state index contributed by atoms with van der Waals surface area (Å²) in [5.74, 6) is -0.488. The van der Waals surface area contributed by atoms with Gasteiger partial charge < -0.3 is 5.73 Å². The van der Waals surface area contributed by atoms with E-state index in [1.165, 1.54) is 12.8 Å². The molecule has 0 aliphatic rings. The Labute approximate surface area is 108 Å². The van der Waals surface area contributed by atoms with E-state index in [1.807, 2.05) is 7.05 Å². The molecular weight excluding hydrogens is 228 g/mol. The second-order valence-corrected chi connectivity index (χ2v) is 4.16. The summed E-state index contributed by atoms with van der Waals surface area (Å²) in [6.45, 7) is 3.01. The molecule has 0 bridgehead atoms. The number of rotatable bonds is 7. The summed E-state index contributed by atoms with van der Waals surface area (Å²) in [6.07, 6.45) is 3.44. The van der Waals surface area contributed by atoms with E-state index in [9.17, 15) is 4.79 Å². The lowest BCUT2D eigenvalue weighted by Crippen LogP contribution is -2.12. The largest absolute Gasteiger partial charge is 0.366 e. The van der Waals surface area contributed by atoms with Gasteiger partial charge in [0.25, 0.3) is 5.91 Å². The average molecular weight is 248 g/mol. The molecule has 1 aromatic carbocycles. The van der Waals surface area contributed by atoms with Gasteiger partial charge in [-0.05, 0) is 18.6 Å². The van der Waals surface area contributed by atoms with Crippen LogP contribution in [0.3, 0.4) is 0 Å². The first-order valence-corrected chi connectivity index (χ1v) is 6.16. The molecule has 18 heavy (non-hydrogen) atoms. The normalized spacial score (nSPS) is 10.8. The summed E-state index contributed by atoms with van der Waals surface area (Å²) in [6, 6.07) is 6.93. The Morgan fingerprint density at radius 3 is 2.72 bits per heavy atom. The van der Waals surface area contributed by atoms with Crippen LogP contribution < -0.4 is 5.73 Å². The standard InChI is InChI=1S/C13H20N4O/c1-3-4-7-10-17(2)16-15-12-9-6-5-8-11(12)13(14)18/h5-6,8-9H,3-4,7,10H2,1-2H3,(H2,14,18). The van der Waals surface area contributed by atoms with Gasteiger partial charge in [0.1, 0.15) is 5.69 Å².